The lowest BCUT2D eigenvalue weighted by molar-refractivity contribution is 0.103. The summed E-state index contributed by atoms with van der Waals surface area (Å²) < 4.78 is 2.76. The standard InChI is InChI=1S/C15H8Br2OS/c16-10-4-5-13(17)12(8-10)14(18)11-3-1-2-9-6-7-19-15(9)11/h1-8H. The van der Waals surface area contributed by atoms with Gasteiger partial charge in [0.1, 0.15) is 0 Å². The third-order valence-electron chi connectivity index (χ3n) is 2.90. The van der Waals surface area contributed by atoms with Gasteiger partial charge >= 0.3 is 0 Å². The Labute approximate surface area is 131 Å². The number of carbonyl (C=O) groups is 1. The van der Waals surface area contributed by atoms with Crippen molar-refractivity contribution in [3.8, 4) is 0 Å². The normalized spacial score (nSPS) is 10.8. The third-order valence-corrected chi connectivity index (χ3v) is 5.04. The molecule has 0 atom stereocenters. The summed E-state index contributed by atoms with van der Waals surface area (Å²) in [7, 11) is 0. The van der Waals surface area contributed by atoms with Crippen molar-refractivity contribution in [1.82, 2.24) is 0 Å². The number of fused-ring (bicyclic) bond motifs is 1. The maximum Gasteiger partial charge on any atom is 0.195 e. The molecule has 2 aromatic carbocycles. The molecule has 0 fully saturated rings. The fourth-order valence-electron chi connectivity index (χ4n) is 1.99. The van der Waals surface area contributed by atoms with E-state index >= 15 is 0 Å². The Kier molecular flexibility index (Phi) is 3.56. The van der Waals surface area contributed by atoms with Gasteiger partial charge in [-0.15, -0.1) is 11.3 Å². The Hall–Kier alpha value is -0.970. The Morgan fingerprint density at radius 2 is 1.84 bits per heavy atom. The molecule has 0 radical (unpaired) electrons. The lowest BCUT2D eigenvalue weighted by Crippen LogP contribution is -2.02. The largest absolute Gasteiger partial charge is 0.289 e. The highest BCUT2D eigenvalue weighted by Gasteiger charge is 2.16. The summed E-state index contributed by atoms with van der Waals surface area (Å²) in [4.78, 5) is 12.7. The van der Waals surface area contributed by atoms with Gasteiger partial charge in [-0.2, -0.15) is 0 Å². The summed E-state index contributed by atoms with van der Waals surface area (Å²) in [5, 5.41) is 3.12. The minimum Gasteiger partial charge on any atom is -0.289 e. The van der Waals surface area contributed by atoms with E-state index in [4.69, 9.17) is 0 Å². The molecular weight excluding hydrogens is 388 g/mol. The van der Waals surface area contributed by atoms with Crippen LogP contribution in [0.15, 0.2) is 56.8 Å². The molecule has 0 aliphatic rings. The minimum absolute atomic E-state index is 0.0428. The topological polar surface area (TPSA) is 17.1 Å². The smallest absolute Gasteiger partial charge is 0.195 e. The van der Waals surface area contributed by atoms with Crippen molar-refractivity contribution < 1.29 is 4.79 Å². The van der Waals surface area contributed by atoms with Crippen LogP contribution in [0, 0.1) is 0 Å². The van der Waals surface area contributed by atoms with Crippen LogP contribution in [-0.4, -0.2) is 5.78 Å². The van der Waals surface area contributed by atoms with Crippen molar-refractivity contribution in [2.24, 2.45) is 0 Å². The molecule has 1 heterocycles. The molecule has 0 aliphatic carbocycles. The monoisotopic (exact) mass is 394 g/mol. The van der Waals surface area contributed by atoms with Crippen LogP contribution in [0.3, 0.4) is 0 Å². The second-order valence-electron chi connectivity index (χ2n) is 4.10. The highest BCUT2D eigenvalue weighted by Crippen LogP contribution is 2.29. The van der Waals surface area contributed by atoms with Gasteiger partial charge in [0, 0.05) is 24.8 Å². The number of halogens is 2. The summed E-state index contributed by atoms with van der Waals surface area (Å²) in [6.45, 7) is 0. The van der Waals surface area contributed by atoms with Crippen molar-refractivity contribution in [2.45, 2.75) is 0 Å². The van der Waals surface area contributed by atoms with Gasteiger partial charge in [0.2, 0.25) is 0 Å². The number of hydrogen-bond acceptors (Lipinski definition) is 2. The van der Waals surface area contributed by atoms with Crippen LogP contribution in [0.2, 0.25) is 0 Å². The Morgan fingerprint density at radius 3 is 2.68 bits per heavy atom. The first-order valence-corrected chi connectivity index (χ1v) is 8.09. The van der Waals surface area contributed by atoms with E-state index in [1.54, 1.807) is 11.3 Å². The van der Waals surface area contributed by atoms with Crippen molar-refractivity contribution in [3.63, 3.8) is 0 Å². The SMILES string of the molecule is O=C(c1cc(Br)ccc1Br)c1cccc2ccsc12. The molecule has 0 saturated carbocycles. The molecule has 0 spiro atoms. The lowest BCUT2D eigenvalue weighted by atomic mass is 10.0. The summed E-state index contributed by atoms with van der Waals surface area (Å²) >= 11 is 8.45. The van der Waals surface area contributed by atoms with Crippen LogP contribution in [-0.2, 0) is 0 Å². The molecule has 1 aromatic heterocycles. The second-order valence-corrected chi connectivity index (χ2v) is 6.78. The first-order valence-electron chi connectivity index (χ1n) is 5.63. The average molecular weight is 396 g/mol. The minimum atomic E-state index is 0.0428. The molecule has 0 bridgehead atoms. The van der Waals surface area contributed by atoms with Gasteiger partial charge < -0.3 is 0 Å². The van der Waals surface area contributed by atoms with Crippen molar-refractivity contribution in [1.29, 1.82) is 0 Å². The van der Waals surface area contributed by atoms with E-state index in [-0.39, 0.29) is 5.78 Å². The van der Waals surface area contributed by atoms with E-state index in [1.165, 1.54) is 0 Å². The molecule has 1 nitrogen and oxygen atoms in total. The molecule has 3 aromatic rings. The van der Waals surface area contributed by atoms with E-state index in [0.29, 0.717) is 5.56 Å². The Bertz CT molecular complexity index is 777. The molecule has 94 valence electrons. The van der Waals surface area contributed by atoms with Crippen molar-refractivity contribution in [2.75, 3.05) is 0 Å². The quantitative estimate of drug-likeness (QED) is 0.512. The maximum absolute atomic E-state index is 12.7. The predicted molar refractivity (Wildman–Crippen MR) is 87.1 cm³/mol. The molecule has 0 aliphatic heterocycles. The van der Waals surface area contributed by atoms with Crippen LogP contribution < -0.4 is 0 Å². The highest BCUT2D eigenvalue weighted by atomic mass is 79.9. The first-order chi connectivity index (χ1) is 9.16. The van der Waals surface area contributed by atoms with Gasteiger partial charge in [-0.25, -0.2) is 0 Å². The number of thiophene rings is 1. The van der Waals surface area contributed by atoms with E-state index < -0.39 is 0 Å². The van der Waals surface area contributed by atoms with Crippen molar-refractivity contribution in [3.05, 3.63) is 67.9 Å². The number of rotatable bonds is 2. The number of benzene rings is 2. The van der Waals surface area contributed by atoms with Gasteiger partial charge in [0.05, 0.1) is 0 Å². The van der Waals surface area contributed by atoms with E-state index in [0.717, 1.165) is 24.6 Å². The lowest BCUT2D eigenvalue weighted by Gasteiger charge is -2.06. The molecule has 0 saturated heterocycles. The van der Waals surface area contributed by atoms with E-state index in [2.05, 4.69) is 31.9 Å². The third kappa shape index (κ3) is 2.40. The molecule has 4 heteroatoms. The number of carbonyl (C=O) groups excluding carboxylic acids is 1. The molecule has 3 rings (SSSR count). The zero-order valence-electron chi connectivity index (χ0n) is 9.69. The first kappa shape index (κ1) is 13.0. The zero-order chi connectivity index (χ0) is 13.4. The summed E-state index contributed by atoms with van der Waals surface area (Å²) in [5.41, 5.74) is 1.43. The predicted octanol–water partition coefficient (Wildman–Crippen LogP) is 5.66. The molecule has 0 unspecified atom stereocenters. The van der Waals surface area contributed by atoms with Gasteiger partial charge in [-0.05, 0) is 41.1 Å². The number of hydrogen-bond donors (Lipinski definition) is 0. The second kappa shape index (κ2) is 5.19. The highest BCUT2D eigenvalue weighted by molar-refractivity contribution is 9.11. The Morgan fingerprint density at radius 1 is 1.00 bits per heavy atom. The summed E-state index contributed by atoms with van der Waals surface area (Å²) in [6.07, 6.45) is 0. The van der Waals surface area contributed by atoms with E-state index in [9.17, 15) is 4.79 Å². The summed E-state index contributed by atoms with van der Waals surface area (Å²) in [6, 6.07) is 13.5. The fraction of sp³-hybridized carbons (Fsp3) is 0. The van der Waals surface area contributed by atoms with Gasteiger partial charge in [0.25, 0.3) is 0 Å². The molecule has 0 amide bonds. The molecule has 19 heavy (non-hydrogen) atoms. The number of ketones is 1. The zero-order valence-corrected chi connectivity index (χ0v) is 13.7. The summed E-state index contributed by atoms with van der Waals surface area (Å²) in [5.74, 6) is 0.0428. The van der Waals surface area contributed by atoms with E-state index in [1.807, 2.05) is 47.8 Å². The van der Waals surface area contributed by atoms with Crippen LogP contribution in [0.25, 0.3) is 10.1 Å². The van der Waals surface area contributed by atoms with Crippen LogP contribution in [0.5, 0.6) is 0 Å². The van der Waals surface area contributed by atoms with Gasteiger partial charge in [0.15, 0.2) is 5.78 Å². The van der Waals surface area contributed by atoms with Gasteiger partial charge in [-0.3, -0.25) is 4.79 Å². The van der Waals surface area contributed by atoms with Crippen molar-refractivity contribution >= 4 is 59.1 Å². The maximum atomic E-state index is 12.7. The molecular formula is C15H8Br2OS. The van der Waals surface area contributed by atoms with Gasteiger partial charge in [-0.1, -0.05) is 44.0 Å². The molecule has 0 N–H and O–H groups in total. The van der Waals surface area contributed by atoms with Crippen LogP contribution >= 0.6 is 43.2 Å². The fourth-order valence-corrected chi connectivity index (χ4v) is 3.69. The van der Waals surface area contributed by atoms with Crippen LogP contribution in [0.4, 0.5) is 0 Å². The Balaban J connectivity index is 2.19. The average Bonchev–Trinajstić information content (AvgIpc) is 2.89. The van der Waals surface area contributed by atoms with Crippen LogP contribution in [0.1, 0.15) is 15.9 Å².